The highest BCUT2D eigenvalue weighted by Crippen LogP contribution is 2.21. The number of carbonyl (C=O) groups is 3. The smallest absolute Gasteiger partial charge is 0.255 e. The maximum Gasteiger partial charge on any atom is 0.255 e. The lowest BCUT2D eigenvalue weighted by Gasteiger charge is -2.14. The van der Waals surface area contributed by atoms with E-state index in [1.807, 2.05) is 0 Å². The SMILES string of the molecule is O=C(Nc1ccc(F)c(F)c1F)c1ccc(CN2C(=O)CCC2=O)cc1. The van der Waals surface area contributed by atoms with Crippen molar-refractivity contribution >= 4 is 23.4 Å². The van der Waals surface area contributed by atoms with E-state index in [0.717, 1.165) is 11.0 Å². The quantitative estimate of drug-likeness (QED) is 0.672. The normalized spacial score (nSPS) is 14.0. The van der Waals surface area contributed by atoms with Crippen LogP contribution in [0.15, 0.2) is 36.4 Å². The lowest BCUT2D eigenvalue weighted by Crippen LogP contribution is -2.28. The van der Waals surface area contributed by atoms with Gasteiger partial charge in [0, 0.05) is 18.4 Å². The van der Waals surface area contributed by atoms with Crippen molar-refractivity contribution in [3.63, 3.8) is 0 Å². The zero-order valence-electron chi connectivity index (χ0n) is 13.4. The minimum atomic E-state index is -1.67. The van der Waals surface area contributed by atoms with Crippen LogP contribution in [-0.2, 0) is 16.1 Å². The van der Waals surface area contributed by atoms with Crippen molar-refractivity contribution in [1.82, 2.24) is 4.90 Å². The summed E-state index contributed by atoms with van der Waals surface area (Å²) < 4.78 is 39.7. The second kappa shape index (κ2) is 6.99. The molecule has 1 aliphatic rings. The number of anilines is 1. The number of hydrogen-bond acceptors (Lipinski definition) is 3. The highest BCUT2D eigenvalue weighted by molar-refractivity contribution is 6.04. The van der Waals surface area contributed by atoms with Crippen molar-refractivity contribution in [2.45, 2.75) is 19.4 Å². The molecule has 0 bridgehead atoms. The Hall–Kier alpha value is -3.16. The number of nitrogens with one attached hydrogen (secondary N) is 1. The van der Waals surface area contributed by atoms with Gasteiger partial charge >= 0.3 is 0 Å². The van der Waals surface area contributed by atoms with Gasteiger partial charge in [0.15, 0.2) is 17.5 Å². The van der Waals surface area contributed by atoms with Crippen LogP contribution in [0.4, 0.5) is 18.9 Å². The summed E-state index contributed by atoms with van der Waals surface area (Å²) in [6, 6.07) is 7.58. The van der Waals surface area contributed by atoms with E-state index in [1.54, 1.807) is 12.1 Å². The minimum Gasteiger partial charge on any atom is -0.319 e. The van der Waals surface area contributed by atoms with Crippen LogP contribution in [0.2, 0.25) is 0 Å². The number of halogens is 3. The molecule has 0 spiro atoms. The summed E-state index contributed by atoms with van der Waals surface area (Å²) in [6.45, 7) is 0.108. The van der Waals surface area contributed by atoms with E-state index >= 15 is 0 Å². The summed E-state index contributed by atoms with van der Waals surface area (Å²) in [5.74, 6) is -5.71. The fraction of sp³-hybridized carbons (Fsp3) is 0.167. The molecule has 3 amide bonds. The largest absolute Gasteiger partial charge is 0.319 e. The predicted octanol–water partition coefficient (Wildman–Crippen LogP) is 3.01. The van der Waals surface area contributed by atoms with Gasteiger partial charge in [-0.2, -0.15) is 0 Å². The molecule has 0 radical (unpaired) electrons. The molecule has 0 unspecified atom stereocenters. The molecule has 1 saturated heterocycles. The average molecular weight is 362 g/mol. The first-order chi connectivity index (χ1) is 12.4. The third-order valence-electron chi connectivity index (χ3n) is 4.00. The molecule has 1 N–H and O–H groups in total. The zero-order valence-corrected chi connectivity index (χ0v) is 13.4. The molecule has 0 atom stereocenters. The molecule has 5 nitrogen and oxygen atoms in total. The maximum absolute atomic E-state index is 13.6. The molecular weight excluding hydrogens is 349 g/mol. The standard InChI is InChI=1S/C18H13F3N2O3/c19-12-5-6-13(17(21)16(12)20)22-18(26)11-3-1-10(2-4-11)9-23-14(24)7-8-15(23)25/h1-6H,7-9H2,(H,22,26). The highest BCUT2D eigenvalue weighted by Gasteiger charge is 2.28. The van der Waals surface area contributed by atoms with Gasteiger partial charge in [0.1, 0.15) is 0 Å². The van der Waals surface area contributed by atoms with Crippen LogP contribution in [0.3, 0.4) is 0 Å². The number of nitrogens with zero attached hydrogens (tertiary/aromatic N) is 1. The first kappa shape index (κ1) is 17.7. The minimum absolute atomic E-state index is 0.108. The van der Waals surface area contributed by atoms with Crippen molar-refractivity contribution in [2.75, 3.05) is 5.32 Å². The topological polar surface area (TPSA) is 66.5 Å². The van der Waals surface area contributed by atoms with E-state index in [-0.39, 0.29) is 36.8 Å². The summed E-state index contributed by atoms with van der Waals surface area (Å²) >= 11 is 0. The van der Waals surface area contributed by atoms with Gasteiger partial charge in [-0.05, 0) is 29.8 Å². The molecule has 1 fully saturated rings. The first-order valence-electron chi connectivity index (χ1n) is 7.74. The van der Waals surface area contributed by atoms with Gasteiger partial charge < -0.3 is 5.32 Å². The van der Waals surface area contributed by atoms with Crippen LogP contribution in [0.1, 0.15) is 28.8 Å². The van der Waals surface area contributed by atoms with E-state index < -0.39 is 29.0 Å². The number of carbonyl (C=O) groups excluding carboxylic acids is 3. The molecule has 2 aromatic rings. The van der Waals surface area contributed by atoms with E-state index in [9.17, 15) is 27.6 Å². The van der Waals surface area contributed by atoms with Crippen LogP contribution in [0.25, 0.3) is 0 Å². The number of rotatable bonds is 4. The van der Waals surface area contributed by atoms with Crippen LogP contribution in [0.5, 0.6) is 0 Å². The fourth-order valence-corrected chi connectivity index (χ4v) is 2.56. The molecular formula is C18H13F3N2O3. The highest BCUT2D eigenvalue weighted by atomic mass is 19.2. The average Bonchev–Trinajstić information content (AvgIpc) is 2.94. The van der Waals surface area contributed by atoms with Crippen LogP contribution in [-0.4, -0.2) is 22.6 Å². The van der Waals surface area contributed by atoms with Crippen molar-refractivity contribution in [2.24, 2.45) is 0 Å². The Kier molecular flexibility index (Phi) is 4.75. The van der Waals surface area contributed by atoms with Crippen LogP contribution < -0.4 is 5.32 Å². The molecule has 8 heteroatoms. The third kappa shape index (κ3) is 3.44. The van der Waals surface area contributed by atoms with E-state index in [1.165, 1.54) is 12.1 Å². The van der Waals surface area contributed by atoms with Crippen molar-refractivity contribution in [1.29, 1.82) is 0 Å². The Bertz CT molecular complexity index is 881. The summed E-state index contributed by atoms with van der Waals surface area (Å²) in [5, 5.41) is 2.16. The molecule has 26 heavy (non-hydrogen) atoms. The van der Waals surface area contributed by atoms with Crippen LogP contribution in [0, 0.1) is 17.5 Å². The molecule has 2 aromatic carbocycles. The second-order valence-corrected chi connectivity index (χ2v) is 5.75. The molecule has 3 rings (SSSR count). The Morgan fingerprint density at radius 3 is 2.15 bits per heavy atom. The van der Waals surface area contributed by atoms with Crippen LogP contribution >= 0.6 is 0 Å². The molecule has 0 saturated carbocycles. The Morgan fingerprint density at radius 2 is 1.54 bits per heavy atom. The first-order valence-corrected chi connectivity index (χ1v) is 7.74. The van der Waals surface area contributed by atoms with Gasteiger partial charge in [0.25, 0.3) is 5.91 Å². The van der Waals surface area contributed by atoms with Crippen molar-refractivity contribution < 1.29 is 27.6 Å². The van der Waals surface area contributed by atoms with Gasteiger partial charge in [-0.15, -0.1) is 0 Å². The molecule has 0 aromatic heterocycles. The summed E-state index contributed by atoms with van der Waals surface area (Å²) in [4.78, 5) is 36.5. The van der Waals surface area contributed by atoms with E-state index in [4.69, 9.17) is 0 Å². The Labute approximate surface area is 146 Å². The van der Waals surface area contributed by atoms with Crippen molar-refractivity contribution in [3.05, 3.63) is 65.0 Å². The van der Waals surface area contributed by atoms with Gasteiger partial charge in [-0.3, -0.25) is 19.3 Å². The zero-order chi connectivity index (χ0) is 18.8. The van der Waals surface area contributed by atoms with Gasteiger partial charge in [-0.25, -0.2) is 13.2 Å². The van der Waals surface area contributed by atoms with E-state index in [2.05, 4.69) is 5.32 Å². The molecule has 134 valence electrons. The van der Waals surface area contributed by atoms with E-state index in [0.29, 0.717) is 11.6 Å². The van der Waals surface area contributed by atoms with Crippen molar-refractivity contribution in [3.8, 4) is 0 Å². The monoisotopic (exact) mass is 362 g/mol. The third-order valence-corrected chi connectivity index (χ3v) is 4.00. The molecule has 0 aliphatic carbocycles. The maximum atomic E-state index is 13.6. The lowest BCUT2D eigenvalue weighted by atomic mass is 10.1. The van der Waals surface area contributed by atoms with Gasteiger partial charge in [0.05, 0.1) is 12.2 Å². The number of amides is 3. The Morgan fingerprint density at radius 1 is 0.923 bits per heavy atom. The predicted molar refractivity (Wildman–Crippen MR) is 85.5 cm³/mol. The summed E-state index contributed by atoms with van der Waals surface area (Å²) in [7, 11) is 0. The number of imide groups is 1. The second-order valence-electron chi connectivity index (χ2n) is 5.75. The number of hydrogen-bond donors (Lipinski definition) is 1. The fourth-order valence-electron chi connectivity index (χ4n) is 2.56. The number of likely N-dealkylation sites (tertiary alicyclic amines) is 1. The Balaban J connectivity index is 1.70. The lowest BCUT2D eigenvalue weighted by molar-refractivity contribution is -0.139. The number of benzene rings is 2. The molecule has 1 aliphatic heterocycles. The van der Waals surface area contributed by atoms with Gasteiger partial charge in [-0.1, -0.05) is 12.1 Å². The summed E-state index contributed by atoms with van der Waals surface area (Å²) in [6.07, 6.45) is 0.387. The van der Waals surface area contributed by atoms with Gasteiger partial charge in [0.2, 0.25) is 11.8 Å². The summed E-state index contributed by atoms with van der Waals surface area (Å²) in [5.41, 5.74) is 0.312. The molecule has 1 heterocycles.